The first kappa shape index (κ1) is 17.2. The van der Waals surface area contributed by atoms with E-state index >= 15 is 0 Å². The lowest BCUT2D eigenvalue weighted by Gasteiger charge is -2.39. The lowest BCUT2D eigenvalue weighted by molar-refractivity contribution is 0.190. The second kappa shape index (κ2) is 7.40. The van der Waals surface area contributed by atoms with Gasteiger partial charge in [0, 0.05) is 26.2 Å². The molecule has 0 amide bonds. The van der Waals surface area contributed by atoms with Gasteiger partial charge in [-0.05, 0) is 50.1 Å². The summed E-state index contributed by atoms with van der Waals surface area (Å²) in [5.41, 5.74) is 0. The molecular weight excluding hydrogens is 286 g/mol. The summed E-state index contributed by atoms with van der Waals surface area (Å²) in [6.45, 7) is 11.2. The first-order valence-corrected chi connectivity index (χ1v) is 9.80. The van der Waals surface area contributed by atoms with Gasteiger partial charge >= 0.3 is 0 Å². The summed E-state index contributed by atoms with van der Waals surface area (Å²) in [6.07, 6.45) is 2.94. The minimum atomic E-state index is -3.24. The molecule has 2 aliphatic rings. The Labute approximate surface area is 130 Å². The number of rotatable bonds is 5. The van der Waals surface area contributed by atoms with Crippen LogP contribution < -0.4 is 5.32 Å². The van der Waals surface area contributed by atoms with Crippen LogP contribution in [0.4, 0.5) is 0 Å². The lowest BCUT2D eigenvalue weighted by Crippen LogP contribution is -2.51. The smallest absolute Gasteiger partial charge is 0.281 e. The minimum absolute atomic E-state index is 0.458. The van der Waals surface area contributed by atoms with Crippen LogP contribution in [-0.4, -0.2) is 56.3 Å². The molecule has 0 radical (unpaired) electrons. The molecular formula is C15H31N3O2S. The fraction of sp³-hybridized carbons (Fsp3) is 1.00. The number of piperidine rings is 2. The fourth-order valence-electron chi connectivity index (χ4n) is 3.29. The zero-order valence-corrected chi connectivity index (χ0v) is 14.5. The quantitative estimate of drug-likeness (QED) is 0.837. The van der Waals surface area contributed by atoms with Gasteiger partial charge in [-0.15, -0.1) is 0 Å². The van der Waals surface area contributed by atoms with E-state index in [4.69, 9.17) is 0 Å². The van der Waals surface area contributed by atoms with E-state index in [2.05, 4.69) is 26.1 Å². The van der Waals surface area contributed by atoms with Crippen molar-refractivity contribution in [3.8, 4) is 0 Å². The largest absolute Gasteiger partial charge is 0.317 e. The van der Waals surface area contributed by atoms with Crippen molar-refractivity contribution in [2.24, 2.45) is 17.8 Å². The Balaban J connectivity index is 1.89. The summed E-state index contributed by atoms with van der Waals surface area (Å²) < 4.78 is 28.9. The van der Waals surface area contributed by atoms with Gasteiger partial charge in [-0.2, -0.15) is 17.0 Å². The third kappa shape index (κ3) is 4.18. The molecule has 2 atom stereocenters. The van der Waals surface area contributed by atoms with Crippen molar-refractivity contribution in [3.05, 3.63) is 0 Å². The summed E-state index contributed by atoms with van der Waals surface area (Å²) in [6, 6.07) is 0. The normalized spacial score (nSPS) is 30.6. The molecule has 0 saturated carbocycles. The maximum absolute atomic E-state index is 12.7. The molecule has 0 spiro atoms. The van der Waals surface area contributed by atoms with E-state index in [0.29, 0.717) is 43.9 Å². The van der Waals surface area contributed by atoms with E-state index in [9.17, 15) is 8.42 Å². The van der Waals surface area contributed by atoms with E-state index in [-0.39, 0.29) is 0 Å². The molecule has 0 aromatic heterocycles. The molecule has 21 heavy (non-hydrogen) atoms. The van der Waals surface area contributed by atoms with Gasteiger partial charge in [-0.3, -0.25) is 0 Å². The van der Waals surface area contributed by atoms with Gasteiger partial charge in [0.2, 0.25) is 0 Å². The summed E-state index contributed by atoms with van der Waals surface area (Å²) in [5, 5.41) is 3.37. The average molecular weight is 317 g/mol. The molecule has 2 heterocycles. The molecule has 0 bridgehead atoms. The van der Waals surface area contributed by atoms with E-state index in [0.717, 1.165) is 32.4 Å². The maximum Gasteiger partial charge on any atom is 0.281 e. The van der Waals surface area contributed by atoms with Crippen LogP contribution in [0, 0.1) is 17.8 Å². The van der Waals surface area contributed by atoms with Gasteiger partial charge < -0.3 is 5.32 Å². The highest BCUT2D eigenvalue weighted by molar-refractivity contribution is 7.86. The van der Waals surface area contributed by atoms with E-state index in [1.807, 2.05) is 0 Å². The van der Waals surface area contributed by atoms with Gasteiger partial charge in [0.05, 0.1) is 0 Å². The monoisotopic (exact) mass is 317 g/mol. The van der Waals surface area contributed by atoms with E-state index < -0.39 is 10.2 Å². The number of hydrogen-bond donors (Lipinski definition) is 1. The summed E-state index contributed by atoms with van der Waals surface area (Å²) in [4.78, 5) is 0. The molecule has 124 valence electrons. The van der Waals surface area contributed by atoms with Gasteiger partial charge in [-0.1, -0.05) is 20.8 Å². The second-order valence-electron chi connectivity index (χ2n) is 6.76. The minimum Gasteiger partial charge on any atom is -0.317 e. The average Bonchev–Trinajstić information content (AvgIpc) is 2.48. The zero-order valence-electron chi connectivity index (χ0n) is 13.7. The fourth-order valence-corrected chi connectivity index (χ4v) is 5.05. The van der Waals surface area contributed by atoms with Crippen molar-refractivity contribution in [1.82, 2.24) is 13.9 Å². The summed E-state index contributed by atoms with van der Waals surface area (Å²) in [7, 11) is -3.24. The van der Waals surface area contributed by atoms with Crippen molar-refractivity contribution in [1.29, 1.82) is 0 Å². The van der Waals surface area contributed by atoms with Crippen LogP contribution in [0.25, 0.3) is 0 Å². The maximum atomic E-state index is 12.7. The van der Waals surface area contributed by atoms with Crippen LogP contribution in [0.5, 0.6) is 0 Å². The van der Waals surface area contributed by atoms with E-state index in [1.165, 1.54) is 0 Å². The SMILES string of the molecule is CCNCC1CCN(S(=O)(=O)N2CCC(C)C(C)C2)CC1. The van der Waals surface area contributed by atoms with Crippen LogP contribution in [0.1, 0.15) is 40.0 Å². The summed E-state index contributed by atoms with van der Waals surface area (Å²) >= 11 is 0. The van der Waals surface area contributed by atoms with Gasteiger partial charge in [0.25, 0.3) is 10.2 Å². The number of nitrogens with zero attached hydrogens (tertiary/aromatic N) is 2. The van der Waals surface area contributed by atoms with Crippen molar-refractivity contribution in [2.45, 2.75) is 40.0 Å². The number of hydrogen-bond acceptors (Lipinski definition) is 3. The van der Waals surface area contributed by atoms with Crippen molar-refractivity contribution < 1.29 is 8.42 Å². The molecule has 6 heteroatoms. The highest BCUT2D eigenvalue weighted by Crippen LogP contribution is 2.27. The van der Waals surface area contributed by atoms with Crippen molar-refractivity contribution in [3.63, 3.8) is 0 Å². The molecule has 1 N–H and O–H groups in total. The van der Waals surface area contributed by atoms with Crippen LogP contribution in [-0.2, 0) is 10.2 Å². The van der Waals surface area contributed by atoms with Crippen LogP contribution in [0.3, 0.4) is 0 Å². The topological polar surface area (TPSA) is 52.7 Å². The first-order valence-electron chi connectivity index (χ1n) is 8.41. The summed E-state index contributed by atoms with van der Waals surface area (Å²) in [5.74, 6) is 1.71. The molecule has 2 saturated heterocycles. The second-order valence-corrected chi connectivity index (χ2v) is 8.69. The third-order valence-electron chi connectivity index (χ3n) is 5.21. The highest BCUT2D eigenvalue weighted by atomic mass is 32.2. The molecule has 2 fully saturated rings. The predicted octanol–water partition coefficient (Wildman–Crippen LogP) is 1.53. The molecule has 0 aromatic rings. The number of nitrogens with one attached hydrogen (secondary N) is 1. The molecule has 2 aliphatic heterocycles. The molecule has 0 aliphatic carbocycles. The van der Waals surface area contributed by atoms with Crippen molar-refractivity contribution in [2.75, 3.05) is 39.3 Å². The Morgan fingerprint density at radius 2 is 1.62 bits per heavy atom. The van der Waals surface area contributed by atoms with Crippen LogP contribution >= 0.6 is 0 Å². The molecule has 2 unspecified atom stereocenters. The van der Waals surface area contributed by atoms with Crippen molar-refractivity contribution >= 4 is 10.2 Å². The molecule has 0 aromatic carbocycles. The Bertz CT molecular complexity index is 419. The molecule has 2 rings (SSSR count). The Morgan fingerprint density at radius 3 is 2.19 bits per heavy atom. The third-order valence-corrected chi connectivity index (χ3v) is 7.21. The predicted molar refractivity (Wildman–Crippen MR) is 86.3 cm³/mol. The van der Waals surface area contributed by atoms with Gasteiger partial charge in [0.1, 0.15) is 0 Å². The van der Waals surface area contributed by atoms with Crippen LogP contribution in [0.15, 0.2) is 0 Å². The highest BCUT2D eigenvalue weighted by Gasteiger charge is 2.36. The Hall–Kier alpha value is -0.170. The van der Waals surface area contributed by atoms with E-state index in [1.54, 1.807) is 8.61 Å². The van der Waals surface area contributed by atoms with Gasteiger partial charge in [-0.25, -0.2) is 0 Å². The Kier molecular flexibility index (Phi) is 6.05. The zero-order chi connectivity index (χ0) is 15.5. The lowest BCUT2D eigenvalue weighted by atomic mass is 9.90. The first-order chi connectivity index (χ1) is 9.95. The van der Waals surface area contributed by atoms with Crippen LogP contribution in [0.2, 0.25) is 0 Å². The van der Waals surface area contributed by atoms with Gasteiger partial charge in [0.15, 0.2) is 0 Å². The standard InChI is InChI=1S/C15H31N3O2S/c1-4-16-11-15-6-9-17(10-7-15)21(19,20)18-8-5-13(2)14(3)12-18/h13-16H,4-12H2,1-3H3. The molecule has 5 nitrogen and oxygen atoms in total. The Morgan fingerprint density at radius 1 is 1.00 bits per heavy atom.